The van der Waals surface area contributed by atoms with Gasteiger partial charge in [-0.05, 0) is 12.2 Å². The number of thiol groups is 1. The number of rotatable bonds is 15. The molecule has 0 rings (SSSR count). The van der Waals surface area contributed by atoms with Gasteiger partial charge in [-0.1, -0.05) is 117 Å². The van der Waals surface area contributed by atoms with Crippen LogP contribution in [-0.4, -0.2) is 5.75 Å². The summed E-state index contributed by atoms with van der Waals surface area (Å²) in [7, 11) is 0. The molecule has 21 heavy (non-hydrogen) atoms. The third-order valence-corrected chi connectivity index (χ3v) is 4.29. The van der Waals surface area contributed by atoms with Gasteiger partial charge in [-0.3, -0.25) is 0 Å². The summed E-state index contributed by atoms with van der Waals surface area (Å²) in [5.41, 5.74) is 0. The maximum Gasteiger partial charge on any atom is -0.00979 e. The molecule has 0 radical (unpaired) electrons. The first-order valence-electron chi connectivity index (χ1n) is 9.94. The molecule has 1 heteroatoms. The first-order chi connectivity index (χ1) is 10.3. The highest BCUT2D eigenvalue weighted by molar-refractivity contribution is 7.80. The van der Waals surface area contributed by atoms with Crippen LogP contribution in [0.4, 0.5) is 0 Å². The molecule has 0 nitrogen and oxygen atoms in total. The molecule has 0 aliphatic carbocycles. The highest BCUT2D eigenvalue weighted by atomic mass is 32.1. The third kappa shape index (κ3) is 29.1. The SMILES string of the molecule is CCCCCCCCCC.CCCCCCCCCCS. The molecule has 0 aromatic carbocycles. The lowest BCUT2D eigenvalue weighted by atomic mass is 10.1. The van der Waals surface area contributed by atoms with Crippen LogP contribution in [0.3, 0.4) is 0 Å². The van der Waals surface area contributed by atoms with Gasteiger partial charge in [-0.25, -0.2) is 0 Å². The van der Waals surface area contributed by atoms with E-state index in [4.69, 9.17) is 0 Å². The molecule has 0 bridgehead atoms. The standard InChI is InChI=1S/C10H22S.C10H22/c1-2-3-4-5-6-7-8-9-10-11;1-3-5-7-9-10-8-6-4-2/h11H,2-10H2,1H3;3-10H2,1-2H3. The summed E-state index contributed by atoms with van der Waals surface area (Å²) in [4.78, 5) is 0. The van der Waals surface area contributed by atoms with Crippen molar-refractivity contribution >= 4 is 12.6 Å². The molecular weight excluding hydrogens is 272 g/mol. The van der Waals surface area contributed by atoms with Gasteiger partial charge in [0, 0.05) is 0 Å². The van der Waals surface area contributed by atoms with Gasteiger partial charge in [-0.2, -0.15) is 12.6 Å². The summed E-state index contributed by atoms with van der Waals surface area (Å²) in [6, 6.07) is 0. The fourth-order valence-corrected chi connectivity index (χ4v) is 2.68. The van der Waals surface area contributed by atoms with E-state index in [0.717, 1.165) is 5.75 Å². The zero-order valence-electron chi connectivity index (χ0n) is 15.5. The molecule has 0 N–H and O–H groups in total. The van der Waals surface area contributed by atoms with Crippen molar-refractivity contribution in [2.75, 3.05) is 5.75 Å². The molecule has 0 aromatic heterocycles. The van der Waals surface area contributed by atoms with Crippen molar-refractivity contribution in [2.24, 2.45) is 0 Å². The zero-order chi connectivity index (χ0) is 16.0. The van der Waals surface area contributed by atoms with Gasteiger partial charge in [0.05, 0.1) is 0 Å². The molecule has 0 atom stereocenters. The van der Waals surface area contributed by atoms with Gasteiger partial charge in [0.25, 0.3) is 0 Å². The number of hydrogen-bond donors (Lipinski definition) is 1. The summed E-state index contributed by atoms with van der Waals surface area (Å²) in [6.07, 6.45) is 22.7. The Morgan fingerprint density at radius 1 is 0.381 bits per heavy atom. The van der Waals surface area contributed by atoms with E-state index in [-0.39, 0.29) is 0 Å². The van der Waals surface area contributed by atoms with Crippen molar-refractivity contribution < 1.29 is 0 Å². The molecule has 0 saturated carbocycles. The van der Waals surface area contributed by atoms with Crippen LogP contribution >= 0.6 is 12.6 Å². The van der Waals surface area contributed by atoms with Crippen molar-refractivity contribution in [3.63, 3.8) is 0 Å². The molecule has 0 aliphatic rings. The Morgan fingerprint density at radius 2 is 0.619 bits per heavy atom. The minimum absolute atomic E-state index is 1.06. The minimum atomic E-state index is 1.06. The molecule has 0 aliphatic heterocycles. The fraction of sp³-hybridized carbons (Fsp3) is 1.00. The highest BCUT2D eigenvalue weighted by Crippen LogP contribution is 2.08. The van der Waals surface area contributed by atoms with Gasteiger partial charge >= 0.3 is 0 Å². The fourth-order valence-electron chi connectivity index (χ4n) is 2.45. The second kappa shape index (κ2) is 25.3. The van der Waals surface area contributed by atoms with Crippen LogP contribution in [0.15, 0.2) is 0 Å². The molecule has 0 saturated heterocycles. The smallest absolute Gasteiger partial charge is 0.00979 e. The van der Waals surface area contributed by atoms with Crippen LogP contribution in [0.25, 0.3) is 0 Å². The van der Waals surface area contributed by atoms with Crippen molar-refractivity contribution in [1.29, 1.82) is 0 Å². The Hall–Kier alpha value is 0.350. The van der Waals surface area contributed by atoms with Crippen LogP contribution < -0.4 is 0 Å². The quantitative estimate of drug-likeness (QED) is 0.228. The second-order valence-corrected chi connectivity index (χ2v) is 6.77. The van der Waals surface area contributed by atoms with Gasteiger partial charge in [0.15, 0.2) is 0 Å². The monoisotopic (exact) mass is 316 g/mol. The van der Waals surface area contributed by atoms with Crippen LogP contribution in [0, 0.1) is 0 Å². The van der Waals surface area contributed by atoms with Crippen molar-refractivity contribution in [1.82, 2.24) is 0 Å². The Labute approximate surface area is 142 Å². The van der Waals surface area contributed by atoms with Crippen LogP contribution in [0.2, 0.25) is 0 Å². The average Bonchev–Trinajstić information content (AvgIpc) is 2.51. The zero-order valence-corrected chi connectivity index (χ0v) is 16.4. The average molecular weight is 317 g/mol. The van der Waals surface area contributed by atoms with E-state index in [9.17, 15) is 0 Å². The van der Waals surface area contributed by atoms with Crippen molar-refractivity contribution in [2.45, 2.75) is 124 Å². The van der Waals surface area contributed by atoms with E-state index in [2.05, 4.69) is 33.4 Å². The van der Waals surface area contributed by atoms with Gasteiger partial charge in [0.1, 0.15) is 0 Å². The van der Waals surface area contributed by atoms with E-state index in [1.54, 1.807) is 0 Å². The summed E-state index contributed by atoms with van der Waals surface area (Å²) >= 11 is 4.18. The molecular formula is C20H44S. The van der Waals surface area contributed by atoms with Gasteiger partial charge in [0.2, 0.25) is 0 Å². The van der Waals surface area contributed by atoms with E-state index in [1.807, 2.05) is 0 Å². The third-order valence-electron chi connectivity index (χ3n) is 3.97. The van der Waals surface area contributed by atoms with Crippen molar-refractivity contribution in [3.8, 4) is 0 Å². The second-order valence-electron chi connectivity index (χ2n) is 6.32. The van der Waals surface area contributed by atoms with Crippen LogP contribution in [0.1, 0.15) is 124 Å². The van der Waals surface area contributed by atoms with Gasteiger partial charge < -0.3 is 0 Å². The first-order valence-corrected chi connectivity index (χ1v) is 10.6. The molecule has 0 heterocycles. The highest BCUT2D eigenvalue weighted by Gasteiger charge is 1.89. The van der Waals surface area contributed by atoms with E-state index >= 15 is 0 Å². The normalized spacial score (nSPS) is 10.3. The van der Waals surface area contributed by atoms with Crippen LogP contribution in [0.5, 0.6) is 0 Å². The maximum atomic E-state index is 4.18. The Bertz CT molecular complexity index is 129. The maximum absolute atomic E-state index is 4.18. The van der Waals surface area contributed by atoms with Gasteiger partial charge in [-0.15, -0.1) is 0 Å². The molecule has 0 unspecified atom stereocenters. The molecule has 0 spiro atoms. The lowest BCUT2D eigenvalue weighted by Crippen LogP contribution is -1.80. The lowest BCUT2D eigenvalue weighted by molar-refractivity contribution is 0.585. The van der Waals surface area contributed by atoms with Crippen LogP contribution in [-0.2, 0) is 0 Å². The molecule has 0 fully saturated rings. The van der Waals surface area contributed by atoms with E-state index in [0.29, 0.717) is 0 Å². The van der Waals surface area contributed by atoms with Crippen molar-refractivity contribution in [3.05, 3.63) is 0 Å². The summed E-state index contributed by atoms with van der Waals surface area (Å²) in [5, 5.41) is 0. The predicted octanol–water partition coefficient (Wildman–Crippen LogP) is 8.20. The first kappa shape index (κ1) is 23.6. The molecule has 0 amide bonds. The summed E-state index contributed by atoms with van der Waals surface area (Å²) in [6.45, 7) is 6.80. The van der Waals surface area contributed by atoms with E-state index < -0.39 is 0 Å². The Kier molecular flexibility index (Phi) is 28.5. The topological polar surface area (TPSA) is 0 Å². The molecule has 0 aromatic rings. The Balaban J connectivity index is 0. The predicted molar refractivity (Wildman–Crippen MR) is 105 cm³/mol. The summed E-state index contributed by atoms with van der Waals surface area (Å²) in [5.74, 6) is 1.06. The molecule has 130 valence electrons. The number of hydrogen-bond acceptors (Lipinski definition) is 1. The van der Waals surface area contributed by atoms with E-state index in [1.165, 1.54) is 103 Å². The Morgan fingerprint density at radius 3 is 0.857 bits per heavy atom. The number of unbranched alkanes of at least 4 members (excludes halogenated alkanes) is 14. The minimum Gasteiger partial charge on any atom is -0.179 e. The summed E-state index contributed by atoms with van der Waals surface area (Å²) < 4.78 is 0. The lowest BCUT2D eigenvalue weighted by Gasteiger charge is -1.98. The largest absolute Gasteiger partial charge is 0.179 e.